The first kappa shape index (κ1) is 13.4. The van der Waals surface area contributed by atoms with Crippen molar-refractivity contribution in [2.75, 3.05) is 18.9 Å². The number of ether oxygens (including phenoxy) is 1. The summed E-state index contributed by atoms with van der Waals surface area (Å²) in [5, 5.41) is 2.64. The highest BCUT2D eigenvalue weighted by atomic mass is 19.1. The number of nitrogen functional groups attached to an aromatic ring is 1. The smallest absolute Gasteiger partial charge is 0.254 e. The minimum absolute atomic E-state index is 0.0478. The Morgan fingerprint density at radius 3 is 2.94 bits per heavy atom. The van der Waals surface area contributed by atoms with Crippen molar-refractivity contribution in [2.45, 2.75) is 19.9 Å². The molecular weight excluding hydrogens is 223 g/mol. The van der Waals surface area contributed by atoms with Crippen LogP contribution in [0.25, 0.3) is 0 Å². The Morgan fingerprint density at radius 1 is 1.59 bits per heavy atom. The number of benzene rings is 1. The van der Waals surface area contributed by atoms with Crippen LogP contribution in [-0.4, -0.2) is 25.2 Å². The molecule has 0 aliphatic heterocycles. The van der Waals surface area contributed by atoms with Crippen LogP contribution < -0.4 is 11.1 Å². The molecule has 1 unspecified atom stereocenters. The van der Waals surface area contributed by atoms with Crippen LogP contribution in [0.1, 0.15) is 24.2 Å². The summed E-state index contributed by atoms with van der Waals surface area (Å²) in [6.45, 7) is 4.63. The lowest BCUT2D eigenvalue weighted by molar-refractivity contribution is 0.0868. The van der Waals surface area contributed by atoms with E-state index in [4.69, 9.17) is 10.5 Å². The van der Waals surface area contributed by atoms with E-state index in [0.717, 1.165) is 0 Å². The molecule has 4 nitrogen and oxygen atoms in total. The topological polar surface area (TPSA) is 64.3 Å². The van der Waals surface area contributed by atoms with E-state index in [9.17, 15) is 9.18 Å². The van der Waals surface area contributed by atoms with Crippen LogP contribution in [0, 0.1) is 5.82 Å². The molecule has 17 heavy (non-hydrogen) atoms. The van der Waals surface area contributed by atoms with Crippen LogP contribution in [0.4, 0.5) is 10.1 Å². The molecule has 0 radical (unpaired) electrons. The first-order valence-electron chi connectivity index (χ1n) is 5.48. The zero-order chi connectivity index (χ0) is 12.8. The number of nitrogens with one attached hydrogen (secondary N) is 1. The molecule has 5 heteroatoms. The van der Waals surface area contributed by atoms with Gasteiger partial charge in [0.1, 0.15) is 5.82 Å². The number of hydrogen-bond donors (Lipinski definition) is 2. The van der Waals surface area contributed by atoms with E-state index in [1.54, 1.807) is 6.92 Å². The van der Waals surface area contributed by atoms with Gasteiger partial charge >= 0.3 is 0 Å². The van der Waals surface area contributed by atoms with Gasteiger partial charge in [0, 0.05) is 18.3 Å². The second-order valence-corrected chi connectivity index (χ2v) is 3.77. The SMILES string of the molecule is CCOCC(C)NC(=O)c1cc(N)ccc1F. The van der Waals surface area contributed by atoms with Crippen molar-refractivity contribution in [3.63, 3.8) is 0 Å². The number of anilines is 1. The lowest BCUT2D eigenvalue weighted by atomic mass is 10.1. The third kappa shape index (κ3) is 4.03. The maximum absolute atomic E-state index is 13.4. The highest BCUT2D eigenvalue weighted by molar-refractivity contribution is 5.95. The van der Waals surface area contributed by atoms with Gasteiger partial charge in [0.2, 0.25) is 0 Å². The van der Waals surface area contributed by atoms with Crippen molar-refractivity contribution in [2.24, 2.45) is 0 Å². The van der Waals surface area contributed by atoms with Gasteiger partial charge in [-0.25, -0.2) is 4.39 Å². The minimum Gasteiger partial charge on any atom is -0.399 e. The van der Waals surface area contributed by atoms with Gasteiger partial charge in [0.05, 0.1) is 12.2 Å². The van der Waals surface area contributed by atoms with Crippen LogP contribution in [0.3, 0.4) is 0 Å². The number of hydrogen-bond acceptors (Lipinski definition) is 3. The van der Waals surface area contributed by atoms with Gasteiger partial charge in [0.25, 0.3) is 5.91 Å². The molecule has 0 aliphatic rings. The largest absolute Gasteiger partial charge is 0.399 e. The fourth-order valence-corrected chi connectivity index (χ4v) is 1.35. The highest BCUT2D eigenvalue weighted by Gasteiger charge is 2.14. The number of carbonyl (C=O) groups excluding carboxylic acids is 1. The maximum atomic E-state index is 13.4. The third-order valence-corrected chi connectivity index (χ3v) is 2.18. The highest BCUT2D eigenvalue weighted by Crippen LogP contribution is 2.12. The molecule has 0 bridgehead atoms. The molecule has 1 aromatic rings. The Balaban J connectivity index is 2.66. The van der Waals surface area contributed by atoms with Gasteiger partial charge in [-0.05, 0) is 32.0 Å². The summed E-state index contributed by atoms with van der Waals surface area (Å²) in [7, 11) is 0. The maximum Gasteiger partial charge on any atom is 0.254 e. The zero-order valence-corrected chi connectivity index (χ0v) is 10.00. The molecule has 1 aromatic carbocycles. The summed E-state index contributed by atoms with van der Waals surface area (Å²) in [6, 6.07) is 3.73. The fraction of sp³-hybridized carbons (Fsp3) is 0.417. The summed E-state index contributed by atoms with van der Waals surface area (Å²) in [5.74, 6) is -1.07. The lowest BCUT2D eigenvalue weighted by Gasteiger charge is -2.14. The summed E-state index contributed by atoms with van der Waals surface area (Å²) in [5.41, 5.74) is 5.81. The van der Waals surface area contributed by atoms with Crippen molar-refractivity contribution >= 4 is 11.6 Å². The molecular formula is C12H17FN2O2. The number of rotatable bonds is 5. The van der Waals surface area contributed by atoms with Crippen LogP contribution in [-0.2, 0) is 4.74 Å². The average molecular weight is 240 g/mol. The van der Waals surface area contributed by atoms with Gasteiger partial charge in [0.15, 0.2) is 0 Å². The summed E-state index contributed by atoms with van der Waals surface area (Å²) in [6.07, 6.45) is 0. The average Bonchev–Trinajstić information content (AvgIpc) is 2.29. The summed E-state index contributed by atoms with van der Waals surface area (Å²) >= 11 is 0. The molecule has 1 amide bonds. The number of amides is 1. The predicted molar refractivity (Wildman–Crippen MR) is 64.2 cm³/mol. The Bertz CT molecular complexity index is 396. The van der Waals surface area contributed by atoms with Crippen molar-refractivity contribution in [3.05, 3.63) is 29.6 Å². The van der Waals surface area contributed by atoms with Crippen LogP contribution >= 0.6 is 0 Å². The zero-order valence-electron chi connectivity index (χ0n) is 10.00. The molecule has 94 valence electrons. The Kier molecular flexibility index (Phi) is 4.90. The Labute approximate surface area is 100.0 Å². The van der Waals surface area contributed by atoms with Crippen molar-refractivity contribution in [1.29, 1.82) is 0 Å². The van der Waals surface area contributed by atoms with E-state index >= 15 is 0 Å². The number of carbonyl (C=O) groups is 1. The minimum atomic E-state index is -0.583. The van der Waals surface area contributed by atoms with E-state index in [1.165, 1.54) is 18.2 Å². The first-order valence-corrected chi connectivity index (χ1v) is 5.48. The van der Waals surface area contributed by atoms with Crippen LogP contribution in [0.15, 0.2) is 18.2 Å². The van der Waals surface area contributed by atoms with E-state index in [-0.39, 0.29) is 11.6 Å². The van der Waals surface area contributed by atoms with Gasteiger partial charge < -0.3 is 15.8 Å². The van der Waals surface area contributed by atoms with Crippen molar-refractivity contribution < 1.29 is 13.9 Å². The van der Waals surface area contributed by atoms with E-state index in [2.05, 4.69) is 5.32 Å². The lowest BCUT2D eigenvalue weighted by Crippen LogP contribution is -2.36. The monoisotopic (exact) mass is 240 g/mol. The second kappa shape index (κ2) is 6.20. The van der Waals surface area contributed by atoms with Gasteiger partial charge in [-0.2, -0.15) is 0 Å². The standard InChI is InChI=1S/C12H17FN2O2/c1-3-17-7-8(2)15-12(16)10-6-9(14)4-5-11(10)13/h4-6,8H,3,7,14H2,1-2H3,(H,15,16). The van der Waals surface area contributed by atoms with Gasteiger partial charge in [-0.15, -0.1) is 0 Å². The third-order valence-electron chi connectivity index (χ3n) is 2.18. The number of nitrogens with two attached hydrogens (primary N) is 1. The molecule has 0 saturated carbocycles. The molecule has 0 heterocycles. The van der Waals surface area contributed by atoms with E-state index < -0.39 is 11.7 Å². The van der Waals surface area contributed by atoms with Crippen molar-refractivity contribution in [1.82, 2.24) is 5.32 Å². The number of halogens is 1. The fourth-order valence-electron chi connectivity index (χ4n) is 1.35. The normalized spacial score (nSPS) is 12.2. The molecule has 0 saturated heterocycles. The van der Waals surface area contributed by atoms with E-state index in [0.29, 0.717) is 18.9 Å². The molecule has 0 spiro atoms. The summed E-state index contributed by atoms with van der Waals surface area (Å²) in [4.78, 5) is 11.7. The molecule has 0 aliphatic carbocycles. The van der Waals surface area contributed by atoms with Crippen LogP contribution in [0.2, 0.25) is 0 Å². The summed E-state index contributed by atoms with van der Waals surface area (Å²) < 4.78 is 18.5. The molecule has 1 atom stereocenters. The van der Waals surface area contributed by atoms with Crippen LogP contribution in [0.5, 0.6) is 0 Å². The quantitative estimate of drug-likeness (QED) is 0.768. The Hall–Kier alpha value is -1.62. The molecule has 0 fully saturated rings. The molecule has 1 rings (SSSR count). The molecule has 3 N–H and O–H groups in total. The van der Waals surface area contributed by atoms with E-state index in [1.807, 2.05) is 6.92 Å². The van der Waals surface area contributed by atoms with Gasteiger partial charge in [-0.3, -0.25) is 4.79 Å². The Morgan fingerprint density at radius 2 is 2.29 bits per heavy atom. The van der Waals surface area contributed by atoms with Crippen molar-refractivity contribution in [3.8, 4) is 0 Å². The molecule has 0 aromatic heterocycles. The van der Waals surface area contributed by atoms with Gasteiger partial charge in [-0.1, -0.05) is 0 Å². The predicted octanol–water partition coefficient (Wildman–Crippen LogP) is 1.56. The second-order valence-electron chi connectivity index (χ2n) is 3.77. The first-order chi connectivity index (χ1) is 8.04.